The van der Waals surface area contributed by atoms with E-state index in [1.54, 1.807) is 24.3 Å². The van der Waals surface area contributed by atoms with Gasteiger partial charge in [0.2, 0.25) is 0 Å². The Morgan fingerprint density at radius 2 is 1.86 bits per heavy atom. The van der Waals surface area contributed by atoms with Crippen molar-refractivity contribution in [2.24, 2.45) is 0 Å². The van der Waals surface area contributed by atoms with Gasteiger partial charge in [-0.25, -0.2) is 0 Å². The number of hydrogen-bond donors (Lipinski definition) is 2. The number of amides is 1. The zero-order valence-corrected chi connectivity index (χ0v) is 20.7. The van der Waals surface area contributed by atoms with Crippen LogP contribution in [-0.2, 0) is 11.4 Å². The topological polar surface area (TPSA) is 135 Å². The van der Waals surface area contributed by atoms with Gasteiger partial charge in [-0.15, -0.1) is 0 Å². The Balaban J connectivity index is 1.81. The van der Waals surface area contributed by atoms with E-state index in [0.717, 1.165) is 5.56 Å². The molecule has 0 aliphatic carbocycles. The minimum Gasteiger partial charge on any atom is -0.508 e. The summed E-state index contributed by atoms with van der Waals surface area (Å²) >= 11 is 2.08. The van der Waals surface area contributed by atoms with Gasteiger partial charge in [0.05, 0.1) is 15.1 Å². The van der Waals surface area contributed by atoms with Crippen molar-refractivity contribution in [3.63, 3.8) is 0 Å². The summed E-state index contributed by atoms with van der Waals surface area (Å²) in [5.74, 6) is 0.386. The third-order valence-corrected chi connectivity index (χ3v) is 5.46. The number of nitriles is 1. The monoisotopic (exact) mass is 585 g/mol. The van der Waals surface area contributed by atoms with Gasteiger partial charge >= 0.3 is 0 Å². The van der Waals surface area contributed by atoms with Gasteiger partial charge in [-0.05, 0) is 95.2 Å². The summed E-state index contributed by atoms with van der Waals surface area (Å²) in [5, 5.41) is 32.3. The van der Waals surface area contributed by atoms with Crippen LogP contribution in [-0.4, -0.2) is 22.5 Å². The van der Waals surface area contributed by atoms with Gasteiger partial charge in [-0.3, -0.25) is 14.9 Å². The van der Waals surface area contributed by atoms with Gasteiger partial charge in [-0.1, -0.05) is 0 Å². The lowest BCUT2D eigenvalue weighted by Crippen LogP contribution is -2.13. The maximum absolute atomic E-state index is 12.6. The number of hydrogen-bond acceptors (Lipinski definition) is 7. The molecule has 0 spiro atoms. The number of nitro benzene ring substituents is 1. The first kappa shape index (κ1) is 25.5. The lowest BCUT2D eigenvalue weighted by Gasteiger charge is -2.15. The van der Waals surface area contributed by atoms with E-state index in [9.17, 15) is 25.3 Å². The fourth-order valence-corrected chi connectivity index (χ4v) is 3.78. The number of rotatable bonds is 9. The van der Waals surface area contributed by atoms with Gasteiger partial charge in [0.25, 0.3) is 11.6 Å². The smallest absolute Gasteiger partial charge is 0.269 e. The molecule has 9 nitrogen and oxygen atoms in total. The van der Waals surface area contributed by atoms with E-state index >= 15 is 0 Å². The Bertz CT molecular complexity index is 1300. The van der Waals surface area contributed by atoms with Crippen molar-refractivity contribution in [3.05, 3.63) is 91.0 Å². The fraction of sp³-hybridized carbons (Fsp3) is 0.120. The lowest BCUT2D eigenvalue weighted by molar-refractivity contribution is -0.384. The number of aromatic hydroxyl groups is 1. The summed E-state index contributed by atoms with van der Waals surface area (Å²) in [5.41, 5.74) is 1.63. The number of nitro groups is 1. The first-order valence-corrected chi connectivity index (χ1v) is 11.4. The molecule has 0 heterocycles. The van der Waals surface area contributed by atoms with Crippen LogP contribution in [0, 0.1) is 25.0 Å². The summed E-state index contributed by atoms with van der Waals surface area (Å²) in [6.45, 7) is 2.35. The molecule has 0 saturated heterocycles. The molecule has 0 unspecified atom stereocenters. The fourth-order valence-electron chi connectivity index (χ4n) is 3.00. The number of phenols is 1. The molecule has 0 fully saturated rings. The number of ether oxygens (including phenoxy) is 2. The van der Waals surface area contributed by atoms with Crippen molar-refractivity contribution in [1.82, 2.24) is 0 Å². The average molecular weight is 585 g/mol. The van der Waals surface area contributed by atoms with E-state index in [0.29, 0.717) is 32.9 Å². The molecule has 178 valence electrons. The number of nitrogens with zero attached hydrogens (tertiary/aromatic N) is 2. The van der Waals surface area contributed by atoms with Crippen molar-refractivity contribution >= 4 is 45.9 Å². The van der Waals surface area contributed by atoms with Gasteiger partial charge in [0, 0.05) is 17.8 Å². The van der Waals surface area contributed by atoms with Crippen molar-refractivity contribution in [1.29, 1.82) is 5.26 Å². The van der Waals surface area contributed by atoms with Crippen molar-refractivity contribution in [3.8, 4) is 23.3 Å². The Morgan fingerprint density at radius 3 is 2.46 bits per heavy atom. The SMILES string of the molecule is CCOc1cc(/C=C(\C#N)C(=O)Nc2ccc(O)cc2)cc(I)c1OCc1ccc([N+](=O)[O-])cc1. The van der Waals surface area contributed by atoms with Crippen LogP contribution < -0.4 is 14.8 Å². The van der Waals surface area contributed by atoms with Crippen LogP contribution >= 0.6 is 22.6 Å². The number of non-ortho nitro benzene ring substituents is 1. The van der Waals surface area contributed by atoms with Crippen LogP contribution in [0.4, 0.5) is 11.4 Å². The standard InChI is InChI=1S/C25H20IN3O6/c1-2-34-23-13-17(11-18(14-27)25(31)28-19-5-9-21(30)10-6-19)12-22(26)24(23)35-15-16-3-7-20(8-4-16)29(32)33/h3-13,30H,2,15H2,1H3,(H,28,31)/b18-11+. The van der Waals surface area contributed by atoms with Crippen LogP contribution in [0.3, 0.4) is 0 Å². The maximum Gasteiger partial charge on any atom is 0.269 e. The quantitative estimate of drug-likeness (QED) is 0.0854. The Morgan fingerprint density at radius 1 is 1.17 bits per heavy atom. The highest BCUT2D eigenvalue weighted by Crippen LogP contribution is 2.35. The lowest BCUT2D eigenvalue weighted by atomic mass is 10.1. The third kappa shape index (κ3) is 6.94. The maximum atomic E-state index is 12.6. The van der Waals surface area contributed by atoms with Crippen molar-refractivity contribution < 1.29 is 24.3 Å². The van der Waals surface area contributed by atoms with E-state index < -0.39 is 10.8 Å². The number of carbonyl (C=O) groups is 1. The molecule has 3 rings (SSSR count). The highest BCUT2D eigenvalue weighted by Gasteiger charge is 2.15. The van der Waals surface area contributed by atoms with Gasteiger partial charge in [0.1, 0.15) is 24.0 Å². The van der Waals surface area contributed by atoms with Gasteiger partial charge in [-0.2, -0.15) is 5.26 Å². The first-order chi connectivity index (χ1) is 16.8. The molecule has 0 saturated carbocycles. The molecule has 0 radical (unpaired) electrons. The Labute approximate surface area is 214 Å². The van der Waals surface area contributed by atoms with Crippen LogP contribution in [0.25, 0.3) is 6.08 Å². The molecular formula is C25H20IN3O6. The number of halogens is 1. The summed E-state index contributed by atoms with van der Waals surface area (Å²) in [4.78, 5) is 22.9. The molecule has 3 aromatic carbocycles. The van der Waals surface area contributed by atoms with Crippen LogP contribution in [0.2, 0.25) is 0 Å². The second kappa shape index (κ2) is 11.8. The normalized spacial score (nSPS) is 10.8. The number of nitrogens with one attached hydrogen (secondary N) is 1. The summed E-state index contributed by atoms with van der Waals surface area (Å²) < 4.78 is 12.4. The Kier molecular flexibility index (Phi) is 8.63. The van der Waals surface area contributed by atoms with E-state index in [1.807, 2.05) is 13.0 Å². The number of anilines is 1. The minimum atomic E-state index is -0.593. The number of carbonyl (C=O) groups excluding carboxylic acids is 1. The van der Waals surface area contributed by atoms with Crippen LogP contribution in [0.5, 0.6) is 17.2 Å². The predicted octanol–water partition coefficient (Wildman–Crippen LogP) is 5.43. The molecular weight excluding hydrogens is 565 g/mol. The zero-order chi connectivity index (χ0) is 25.4. The van der Waals surface area contributed by atoms with Crippen LogP contribution in [0.15, 0.2) is 66.2 Å². The Hall–Kier alpha value is -4.11. The van der Waals surface area contributed by atoms with Crippen molar-refractivity contribution in [2.45, 2.75) is 13.5 Å². The molecule has 0 atom stereocenters. The minimum absolute atomic E-state index is 0.00257. The second-order valence-corrected chi connectivity index (χ2v) is 8.31. The summed E-state index contributed by atoms with van der Waals surface area (Å²) in [6, 6.07) is 17.3. The molecule has 0 aliphatic rings. The predicted molar refractivity (Wildman–Crippen MR) is 138 cm³/mol. The van der Waals surface area contributed by atoms with Gasteiger partial charge in [0.15, 0.2) is 11.5 Å². The van der Waals surface area contributed by atoms with Crippen LogP contribution in [0.1, 0.15) is 18.1 Å². The number of benzene rings is 3. The molecule has 2 N–H and O–H groups in total. The molecule has 35 heavy (non-hydrogen) atoms. The highest BCUT2D eigenvalue weighted by molar-refractivity contribution is 14.1. The summed E-state index contributed by atoms with van der Waals surface area (Å²) in [7, 11) is 0. The largest absolute Gasteiger partial charge is 0.508 e. The van der Waals surface area contributed by atoms with Crippen molar-refractivity contribution in [2.75, 3.05) is 11.9 Å². The van der Waals surface area contributed by atoms with E-state index in [-0.39, 0.29) is 23.6 Å². The first-order valence-electron chi connectivity index (χ1n) is 10.4. The molecule has 0 aromatic heterocycles. The molecule has 1 amide bonds. The van der Waals surface area contributed by atoms with Gasteiger partial charge < -0.3 is 19.9 Å². The average Bonchev–Trinajstić information content (AvgIpc) is 2.83. The molecule has 0 bridgehead atoms. The van der Waals surface area contributed by atoms with E-state index in [2.05, 4.69) is 27.9 Å². The molecule has 10 heteroatoms. The van der Waals surface area contributed by atoms with E-state index in [1.165, 1.54) is 42.5 Å². The highest BCUT2D eigenvalue weighted by atomic mass is 127. The number of phenolic OH excluding ortho intramolecular Hbond substituents is 1. The van der Waals surface area contributed by atoms with E-state index in [4.69, 9.17) is 9.47 Å². The molecule has 3 aromatic rings. The molecule has 0 aliphatic heterocycles. The zero-order valence-electron chi connectivity index (χ0n) is 18.5. The summed E-state index contributed by atoms with van der Waals surface area (Å²) in [6.07, 6.45) is 1.44. The third-order valence-electron chi connectivity index (χ3n) is 4.66. The second-order valence-electron chi connectivity index (χ2n) is 7.15.